The van der Waals surface area contributed by atoms with E-state index in [9.17, 15) is 13.7 Å². The lowest BCUT2D eigenvalue weighted by Crippen LogP contribution is -2.41. The zero-order valence-corrected chi connectivity index (χ0v) is 20.0. The predicted octanol–water partition coefficient (Wildman–Crippen LogP) is 2.95. The first-order valence-corrected chi connectivity index (χ1v) is 12.4. The highest BCUT2D eigenvalue weighted by Gasteiger charge is 2.24. The third kappa shape index (κ3) is 5.13. The molecule has 3 aromatic rings. The maximum Gasteiger partial charge on any atom is 0.242 e. The molecule has 1 unspecified atom stereocenters. The van der Waals surface area contributed by atoms with E-state index in [1.807, 2.05) is 18.2 Å². The van der Waals surface area contributed by atoms with Gasteiger partial charge in [-0.15, -0.1) is 0 Å². The van der Waals surface area contributed by atoms with E-state index in [1.54, 1.807) is 12.1 Å². The molecule has 9 nitrogen and oxygen atoms in total. The number of rotatable bonds is 8. The zero-order chi connectivity index (χ0) is 24.1. The van der Waals surface area contributed by atoms with Crippen molar-refractivity contribution in [2.24, 2.45) is 0 Å². The van der Waals surface area contributed by atoms with Gasteiger partial charge >= 0.3 is 0 Å². The molecule has 1 aliphatic heterocycles. The van der Waals surface area contributed by atoms with Crippen molar-refractivity contribution in [1.82, 2.24) is 14.2 Å². The summed E-state index contributed by atoms with van der Waals surface area (Å²) in [4.78, 5) is 6.82. The van der Waals surface area contributed by atoms with Gasteiger partial charge in [0, 0.05) is 39.3 Å². The Labute approximate surface area is 199 Å². The fourth-order valence-electron chi connectivity index (χ4n) is 3.83. The van der Waals surface area contributed by atoms with E-state index in [1.165, 1.54) is 26.2 Å². The van der Waals surface area contributed by atoms with Crippen molar-refractivity contribution in [3.8, 4) is 17.5 Å². The Balaban J connectivity index is 1.55. The second-order valence-electron chi connectivity index (χ2n) is 8.08. The Morgan fingerprint density at radius 2 is 1.79 bits per heavy atom. The van der Waals surface area contributed by atoms with Crippen molar-refractivity contribution in [3.63, 3.8) is 0 Å². The average Bonchev–Trinajstić information content (AvgIpc) is 3.29. The number of anilines is 1. The quantitative estimate of drug-likeness (QED) is 0.523. The van der Waals surface area contributed by atoms with E-state index in [0.29, 0.717) is 25.3 Å². The van der Waals surface area contributed by atoms with Gasteiger partial charge in [-0.3, -0.25) is 4.90 Å². The molecule has 2 aromatic carbocycles. The smallest absolute Gasteiger partial charge is 0.242 e. The number of sulfonamides is 1. The molecule has 1 atom stereocenters. The van der Waals surface area contributed by atoms with Crippen LogP contribution in [0.1, 0.15) is 17.3 Å². The molecule has 34 heavy (non-hydrogen) atoms. The highest BCUT2D eigenvalue weighted by molar-refractivity contribution is 7.89. The van der Waals surface area contributed by atoms with E-state index >= 15 is 0 Å². The Morgan fingerprint density at radius 3 is 2.41 bits per heavy atom. The Bertz CT molecular complexity index is 1240. The molecule has 0 spiro atoms. The number of benzene rings is 2. The van der Waals surface area contributed by atoms with E-state index < -0.39 is 10.0 Å². The van der Waals surface area contributed by atoms with Gasteiger partial charge in [0.05, 0.1) is 24.2 Å². The molecule has 1 aliphatic rings. The fourth-order valence-corrected chi connectivity index (χ4v) is 4.73. The first kappa shape index (κ1) is 23.9. The number of hydrogen-bond donors (Lipinski definition) is 1. The summed E-state index contributed by atoms with van der Waals surface area (Å²) < 4.78 is 37.2. The molecule has 1 N–H and O–H groups in total. The highest BCUT2D eigenvalue weighted by atomic mass is 32.2. The molecule has 1 aromatic heterocycles. The summed E-state index contributed by atoms with van der Waals surface area (Å²) >= 11 is 0. The van der Waals surface area contributed by atoms with Crippen molar-refractivity contribution in [2.75, 3.05) is 52.3 Å². The van der Waals surface area contributed by atoms with Crippen LogP contribution in [0.5, 0.6) is 0 Å². The number of nitrogens with one attached hydrogen (secondary N) is 1. The SMILES string of the molecule is CN(C)S(=O)(=O)c1ccc(-c2nc(C#N)c(NCC(c3ccccc3)N3CCOCC3)o2)cc1. The number of ether oxygens (including phenoxy) is 1. The standard InChI is InChI=1S/C24H27N5O4S/c1-28(2)34(30,31)20-10-8-19(9-11-20)23-27-21(16-25)24(33-23)26-17-22(18-6-4-3-5-7-18)29-12-14-32-15-13-29/h3-11,22,26H,12-15,17H2,1-2H3. The van der Waals surface area contributed by atoms with Crippen LogP contribution in [-0.4, -0.2) is 69.6 Å². The third-order valence-electron chi connectivity index (χ3n) is 5.74. The molecular formula is C24H27N5O4S. The number of hydrogen-bond acceptors (Lipinski definition) is 8. The van der Waals surface area contributed by atoms with Crippen LogP contribution in [-0.2, 0) is 14.8 Å². The number of nitrogens with zero attached hydrogens (tertiary/aromatic N) is 4. The highest BCUT2D eigenvalue weighted by Crippen LogP contribution is 2.28. The number of nitriles is 1. The summed E-state index contributed by atoms with van der Waals surface area (Å²) in [5.41, 5.74) is 1.89. The monoisotopic (exact) mass is 481 g/mol. The normalized spacial score (nSPS) is 15.7. The van der Waals surface area contributed by atoms with Crippen molar-refractivity contribution < 1.29 is 17.6 Å². The van der Waals surface area contributed by atoms with Crippen LogP contribution in [0.2, 0.25) is 0 Å². The summed E-state index contributed by atoms with van der Waals surface area (Å²) in [6.07, 6.45) is 0. The molecule has 0 bridgehead atoms. The maximum absolute atomic E-state index is 12.3. The minimum absolute atomic E-state index is 0.0701. The molecule has 4 rings (SSSR count). The summed E-state index contributed by atoms with van der Waals surface area (Å²) in [6.45, 7) is 3.51. The van der Waals surface area contributed by atoms with Crippen LogP contribution in [0.4, 0.5) is 5.88 Å². The van der Waals surface area contributed by atoms with Crippen molar-refractivity contribution >= 4 is 15.9 Å². The first-order valence-electron chi connectivity index (χ1n) is 10.9. The second kappa shape index (κ2) is 10.4. The van der Waals surface area contributed by atoms with Crippen LogP contribution in [0, 0.1) is 11.3 Å². The molecule has 0 aliphatic carbocycles. The van der Waals surface area contributed by atoms with Gasteiger partial charge in [-0.25, -0.2) is 12.7 Å². The Morgan fingerprint density at radius 1 is 1.12 bits per heavy atom. The van der Waals surface area contributed by atoms with Crippen LogP contribution in [0.15, 0.2) is 63.9 Å². The van der Waals surface area contributed by atoms with Gasteiger partial charge in [0.1, 0.15) is 6.07 Å². The summed E-state index contributed by atoms with van der Waals surface area (Å²) in [5.74, 6) is 0.534. The summed E-state index contributed by atoms with van der Waals surface area (Å²) in [5, 5.41) is 12.9. The zero-order valence-electron chi connectivity index (χ0n) is 19.1. The van der Waals surface area contributed by atoms with Gasteiger partial charge in [0.2, 0.25) is 27.5 Å². The van der Waals surface area contributed by atoms with Gasteiger partial charge in [0.25, 0.3) is 0 Å². The topological polar surface area (TPSA) is 112 Å². The average molecular weight is 482 g/mol. The van der Waals surface area contributed by atoms with Crippen molar-refractivity contribution in [2.45, 2.75) is 10.9 Å². The van der Waals surface area contributed by atoms with Gasteiger partial charge in [-0.1, -0.05) is 30.3 Å². The van der Waals surface area contributed by atoms with E-state index in [-0.39, 0.29) is 28.4 Å². The van der Waals surface area contributed by atoms with Crippen molar-refractivity contribution in [3.05, 3.63) is 65.9 Å². The predicted molar refractivity (Wildman–Crippen MR) is 128 cm³/mol. The van der Waals surface area contributed by atoms with Crippen LogP contribution in [0.3, 0.4) is 0 Å². The third-order valence-corrected chi connectivity index (χ3v) is 7.57. The minimum atomic E-state index is -3.53. The lowest BCUT2D eigenvalue weighted by Gasteiger charge is -2.34. The fraction of sp³-hybridized carbons (Fsp3) is 0.333. The molecule has 0 radical (unpaired) electrons. The van der Waals surface area contributed by atoms with Gasteiger partial charge < -0.3 is 14.5 Å². The molecule has 0 saturated carbocycles. The van der Waals surface area contributed by atoms with E-state index in [4.69, 9.17) is 9.15 Å². The number of oxazole rings is 1. The lowest BCUT2D eigenvalue weighted by molar-refractivity contribution is 0.0186. The van der Waals surface area contributed by atoms with E-state index in [2.05, 4.69) is 33.4 Å². The number of aromatic nitrogens is 1. The molecule has 1 saturated heterocycles. The van der Waals surface area contributed by atoms with Gasteiger partial charge in [-0.05, 0) is 29.8 Å². The minimum Gasteiger partial charge on any atom is -0.419 e. The summed E-state index contributed by atoms with van der Waals surface area (Å²) in [6, 6.07) is 18.6. The van der Waals surface area contributed by atoms with Crippen LogP contribution in [0.25, 0.3) is 11.5 Å². The largest absolute Gasteiger partial charge is 0.419 e. The first-order chi connectivity index (χ1) is 16.4. The molecule has 178 valence electrons. The molecule has 0 amide bonds. The van der Waals surface area contributed by atoms with Crippen LogP contribution < -0.4 is 5.32 Å². The lowest BCUT2D eigenvalue weighted by atomic mass is 10.0. The van der Waals surface area contributed by atoms with E-state index in [0.717, 1.165) is 23.0 Å². The van der Waals surface area contributed by atoms with Gasteiger partial charge in [0.15, 0.2) is 0 Å². The van der Waals surface area contributed by atoms with Crippen molar-refractivity contribution in [1.29, 1.82) is 5.26 Å². The van der Waals surface area contributed by atoms with Crippen LogP contribution >= 0.6 is 0 Å². The Kier molecular flexibility index (Phi) is 7.29. The molecular weight excluding hydrogens is 454 g/mol. The number of morpholine rings is 1. The Hall–Kier alpha value is -3.23. The second-order valence-corrected chi connectivity index (χ2v) is 10.2. The maximum atomic E-state index is 12.3. The summed E-state index contributed by atoms with van der Waals surface area (Å²) in [7, 11) is -0.574. The molecule has 2 heterocycles. The molecule has 10 heteroatoms. The molecule has 1 fully saturated rings. The van der Waals surface area contributed by atoms with Gasteiger partial charge in [-0.2, -0.15) is 10.2 Å².